The molecule has 35 heavy (non-hydrogen) atoms. The number of nitrogens with one attached hydrogen (secondary N) is 1. The molecule has 0 saturated heterocycles. The van der Waals surface area contributed by atoms with Crippen molar-refractivity contribution in [1.82, 2.24) is 14.8 Å². The molecule has 0 fully saturated rings. The average molecular weight is 500 g/mol. The van der Waals surface area contributed by atoms with Crippen molar-refractivity contribution in [1.29, 1.82) is 0 Å². The maximum absolute atomic E-state index is 12.7. The third-order valence-electron chi connectivity index (χ3n) is 5.81. The fourth-order valence-electron chi connectivity index (χ4n) is 3.85. The summed E-state index contributed by atoms with van der Waals surface area (Å²) < 4.78 is 29.8. The van der Waals surface area contributed by atoms with Gasteiger partial charge in [0.15, 0.2) is 5.78 Å². The van der Waals surface area contributed by atoms with Gasteiger partial charge in [-0.05, 0) is 57.9 Å². The molecule has 0 radical (unpaired) electrons. The number of hydrogen-bond donors (Lipinski definition) is 2. The van der Waals surface area contributed by atoms with E-state index in [1.165, 1.54) is 43.5 Å². The van der Waals surface area contributed by atoms with Crippen LogP contribution in [0.2, 0.25) is 0 Å². The first-order chi connectivity index (χ1) is 16.4. The van der Waals surface area contributed by atoms with Gasteiger partial charge in [-0.3, -0.25) is 14.2 Å². The second-order valence-corrected chi connectivity index (χ2v) is 9.91. The fraction of sp³-hybridized carbons (Fsp3) is 0.333. The lowest BCUT2D eigenvalue weighted by Gasteiger charge is -2.21. The van der Waals surface area contributed by atoms with E-state index in [-0.39, 0.29) is 27.7 Å². The average Bonchev–Trinajstić information content (AvgIpc) is 3.09. The Hall–Kier alpha value is -3.73. The predicted octanol–water partition coefficient (Wildman–Crippen LogP) is 3.30. The van der Waals surface area contributed by atoms with Gasteiger partial charge in [-0.15, -0.1) is 0 Å². The van der Waals surface area contributed by atoms with Crippen molar-refractivity contribution < 1.29 is 23.1 Å². The highest BCUT2D eigenvalue weighted by Gasteiger charge is 2.20. The Morgan fingerprint density at radius 3 is 2.37 bits per heavy atom. The zero-order valence-electron chi connectivity index (χ0n) is 20.4. The van der Waals surface area contributed by atoms with Crippen LogP contribution in [-0.2, 0) is 23.0 Å². The van der Waals surface area contributed by atoms with Gasteiger partial charge in [0.1, 0.15) is 11.4 Å². The number of carbonyl (C=O) groups is 2. The summed E-state index contributed by atoms with van der Waals surface area (Å²) in [6.07, 6.45) is 1.94. The Bertz CT molecular complexity index is 1360. The van der Waals surface area contributed by atoms with E-state index in [4.69, 9.17) is 0 Å². The van der Waals surface area contributed by atoms with E-state index >= 15 is 0 Å². The van der Waals surface area contributed by atoms with Gasteiger partial charge >= 0.3 is 5.97 Å². The highest BCUT2D eigenvalue weighted by atomic mass is 32.2. The number of rotatable bonds is 10. The van der Waals surface area contributed by atoms with E-state index in [9.17, 15) is 23.1 Å². The van der Waals surface area contributed by atoms with Crippen molar-refractivity contribution in [2.75, 3.05) is 23.2 Å². The van der Waals surface area contributed by atoms with Crippen LogP contribution in [0.15, 0.2) is 41.4 Å². The van der Waals surface area contributed by atoms with Gasteiger partial charge in [-0.25, -0.2) is 18.2 Å². The van der Waals surface area contributed by atoms with E-state index in [0.29, 0.717) is 18.5 Å². The van der Waals surface area contributed by atoms with E-state index < -0.39 is 16.0 Å². The van der Waals surface area contributed by atoms with E-state index in [1.807, 2.05) is 25.5 Å². The highest BCUT2D eigenvalue weighted by molar-refractivity contribution is 7.92. The molecule has 11 heteroatoms. The van der Waals surface area contributed by atoms with Crippen LogP contribution in [0.4, 0.5) is 11.5 Å². The van der Waals surface area contributed by atoms with Crippen molar-refractivity contribution in [3.8, 4) is 0 Å². The Kier molecular flexibility index (Phi) is 7.59. The number of Topliss-reactive ketones (excluding diaryl/α,β-unsaturated/α-hetero) is 1. The number of sulfonamides is 1. The molecule has 0 aliphatic heterocycles. The monoisotopic (exact) mass is 499 g/mol. The van der Waals surface area contributed by atoms with Crippen LogP contribution in [0.3, 0.4) is 0 Å². The van der Waals surface area contributed by atoms with E-state index in [0.717, 1.165) is 23.5 Å². The molecule has 2 aromatic heterocycles. The summed E-state index contributed by atoms with van der Waals surface area (Å²) in [5, 5.41) is 14.3. The summed E-state index contributed by atoms with van der Waals surface area (Å²) in [5.74, 6) is -1.18. The van der Waals surface area contributed by atoms with Crippen molar-refractivity contribution in [3.63, 3.8) is 0 Å². The molecule has 1 aromatic carbocycles. The van der Waals surface area contributed by atoms with Crippen molar-refractivity contribution in [2.45, 2.75) is 45.6 Å². The number of likely N-dealkylation sites (N-methyl/N-ethyl adjacent to an activating group) is 1. The second-order valence-electron chi connectivity index (χ2n) is 8.22. The predicted molar refractivity (Wildman–Crippen MR) is 133 cm³/mol. The minimum absolute atomic E-state index is 0.0195. The van der Waals surface area contributed by atoms with Crippen LogP contribution in [0, 0.1) is 13.8 Å². The highest BCUT2D eigenvalue weighted by Crippen LogP contribution is 2.24. The Labute approximate surface area is 204 Å². The van der Waals surface area contributed by atoms with Gasteiger partial charge in [0.05, 0.1) is 22.5 Å². The van der Waals surface area contributed by atoms with Gasteiger partial charge in [0, 0.05) is 31.4 Å². The minimum atomic E-state index is -4.00. The molecule has 0 saturated carbocycles. The van der Waals surface area contributed by atoms with Crippen molar-refractivity contribution in [2.24, 2.45) is 0 Å². The van der Waals surface area contributed by atoms with Gasteiger partial charge in [0.2, 0.25) is 0 Å². The standard InChI is InChI=1S/C24H29N5O5S/c1-6-29-16(3)21(15(2)26-29)11-12-28(5)23-22(24(31)32)13-19(14-25-23)27-35(33,34)20-9-7-18(8-10-20)17(4)30/h7-10,13-14,27H,6,11-12H2,1-5H3,(H,31,32). The number of carboxylic acids is 1. The summed E-state index contributed by atoms with van der Waals surface area (Å²) in [6.45, 7) is 8.64. The number of ketones is 1. The molecule has 0 amide bonds. The number of benzene rings is 1. The zero-order chi connectivity index (χ0) is 25.9. The lowest BCUT2D eigenvalue weighted by atomic mass is 10.1. The van der Waals surface area contributed by atoms with Crippen LogP contribution in [0.25, 0.3) is 0 Å². The van der Waals surface area contributed by atoms with Crippen LogP contribution < -0.4 is 9.62 Å². The number of aromatic carboxylic acids is 1. The summed E-state index contributed by atoms with van der Waals surface area (Å²) in [4.78, 5) is 29.3. The lowest BCUT2D eigenvalue weighted by molar-refractivity contribution is 0.0697. The zero-order valence-corrected chi connectivity index (χ0v) is 21.2. The molecule has 0 aliphatic carbocycles. The Morgan fingerprint density at radius 2 is 1.83 bits per heavy atom. The molecule has 0 spiro atoms. The molecule has 10 nitrogen and oxygen atoms in total. The number of aryl methyl sites for hydroxylation is 2. The first-order valence-electron chi connectivity index (χ1n) is 11.1. The number of anilines is 2. The Morgan fingerprint density at radius 1 is 1.17 bits per heavy atom. The number of pyridine rings is 1. The van der Waals surface area contributed by atoms with Crippen LogP contribution in [-0.4, -0.2) is 53.6 Å². The maximum Gasteiger partial charge on any atom is 0.339 e. The first-order valence-corrected chi connectivity index (χ1v) is 12.5. The molecule has 0 atom stereocenters. The molecular weight excluding hydrogens is 470 g/mol. The maximum atomic E-state index is 12.7. The van der Waals surface area contributed by atoms with Crippen LogP contribution in [0.5, 0.6) is 0 Å². The van der Waals surface area contributed by atoms with Crippen LogP contribution >= 0.6 is 0 Å². The van der Waals surface area contributed by atoms with Gasteiger partial charge in [-0.2, -0.15) is 5.10 Å². The van der Waals surface area contributed by atoms with Crippen molar-refractivity contribution >= 4 is 33.3 Å². The topological polar surface area (TPSA) is 134 Å². The number of hydrogen-bond acceptors (Lipinski definition) is 7. The number of aromatic nitrogens is 3. The van der Waals surface area contributed by atoms with Crippen LogP contribution in [0.1, 0.15) is 51.5 Å². The molecule has 3 aromatic rings. The lowest BCUT2D eigenvalue weighted by Crippen LogP contribution is -2.24. The van der Waals surface area contributed by atoms with E-state index in [1.54, 1.807) is 11.9 Å². The SMILES string of the molecule is CCn1nc(C)c(CCN(C)c2ncc(NS(=O)(=O)c3ccc(C(C)=O)cc3)cc2C(=O)O)c1C. The fourth-order valence-corrected chi connectivity index (χ4v) is 4.88. The molecule has 0 bridgehead atoms. The normalized spacial score (nSPS) is 11.3. The van der Waals surface area contributed by atoms with Gasteiger partial charge < -0.3 is 10.0 Å². The summed E-state index contributed by atoms with van der Waals surface area (Å²) in [6, 6.07) is 6.72. The molecular formula is C24H29N5O5S. The third kappa shape index (κ3) is 5.68. The number of carboxylic acid groups (broad SMARTS) is 1. The molecule has 0 unspecified atom stereocenters. The number of carbonyl (C=O) groups excluding carboxylic acids is 1. The summed E-state index contributed by atoms with van der Waals surface area (Å²) in [5.41, 5.74) is 3.40. The van der Waals surface area contributed by atoms with Gasteiger partial charge in [-0.1, -0.05) is 12.1 Å². The molecule has 2 heterocycles. The molecule has 186 valence electrons. The Balaban J connectivity index is 1.81. The summed E-state index contributed by atoms with van der Waals surface area (Å²) >= 11 is 0. The summed E-state index contributed by atoms with van der Waals surface area (Å²) in [7, 11) is -2.26. The molecule has 2 N–H and O–H groups in total. The molecule has 0 aliphatic rings. The smallest absolute Gasteiger partial charge is 0.339 e. The third-order valence-corrected chi connectivity index (χ3v) is 7.21. The minimum Gasteiger partial charge on any atom is -0.478 e. The van der Waals surface area contributed by atoms with E-state index in [2.05, 4.69) is 14.8 Å². The second kappa shape index (κ2) is 10.3. The molecule has 3 rings (SSSR count). The quantitative estimate of drug-likeness (QED) is 0.406. The first kappa shape index (κ1) is 25.9. The number of nitrogens with zero attached hydrogens (tertiary/aromatic N) is 4. The largest absolute Gasteiger partial charge is 0.478 e. The van der Waals surface area contributed by atoms with Gasteiger partial charge in [0.25, 0.3) is 10.0 Å². The van der Waals surface area contributed by atoms with Crippen molar-refractivity contribution in [3.05, 3.63) is 64.6 Å².